The molecule has 0 fully saturated rings. The van der Waals surface area contributed by atoms with E-state index in [0.717, 1.165) is 5.56 Å². The molecule has 1 aromatic carbocycles. The predicted molar refractivity (Wildman–Crippen MR) is 81.2 cm³/mol. The first kappa shape index (κ1) is 14.6. The van der Waals surface area contributed by atoms with Crippen LogP contribution < -0.4 is 5.32 Å². The third-order valence-electron chi connectivity index (χ3n) is 2.69. The third kappa shape index (κ3) is 3.85. The quantitative estimate of drug-likeness (QED) is 0.929. The van der Waals surface area contributed by atoms with Gasteiger partial charge in [0.25, 0.3) is 0 Å². The van der Waals surface area contributed by atoms with Crippen LogP contribution in [0.1, 0.15) is 5.56 Å². The van der Waals surface area contributed by atoms with Gasteiger partial charge in [-0.05, 0) is 35.9 Å². The maximum atomic E-state index is 12.0. The van der Waals surface area contributed by atoms with E-state index in [4.69, 9.17) is 23.2 Å². The minimum Gasteiger partial charge on any atom is -0.323 e. The molecule has 2 amide bonds. The predicted octanol–water partition coefficient (Wildman–Crippen LogP) is 4.05. The van der Waals surface area contributed by atoms with Crippen molar-refractivity contribution < 1.29 is 4.79 Å². The fraction of sp³-hybridized carbons (Fsp3) is 0.143. The Bertz CT molecular complexity index is 605. The molecule has 0 aliphatic rings. The Morgan fingerprint density at radius 1 is 1.20 bits per heavy atom. The number of halogens is 2. The Labute approximate surface area is 127 Å². The highest BCUT2D eigenvalue weighted by Crippen LogP contribution is 2.25. The molecular formula is C14H13Cl2N3O. The minimum atomic E-state index is -0.222. The number of pyridine rings is 1. The highest BCUT2D eigenvalue weighted by Gasteiger charge is 2.10. The summed E-state index contributed by atoms with van der Waals surface area (Å²) in [7, 11) is 1.72. The fourth-order valence-electron chi connectivity index (χ4n) is 1.63. The average Bonchev–Trinajstić information content (AvgIpc) is 2.44. The van der Waals surface area contributed by atoms with Gasteiger partial charge in [0.2, 0.25) is 0 Å². The number of rotatable bonds is 3. The van der Waals surface area contributed by atoms with Gasteiger partial charge in [0.15, 0.2) is 0 Å². The number of nitrogens with one attached hydrogen (secondary N) is 1. The van der Waals surface area contributed by atoms with E-state index >= 15 is 0 Å². The van der Waals surface area contributed by atoms with Crippen molar-refractivity contribution >= 4 is 34.9 Å². The van der Waals surface area contributed by atoms with Crippen LogP contribution >= 0.6 is 23.2 Å². The number of carbonyl (C=O) groups excluding carboxylic acids is 1. The van der Waals surface area contributed by atoms with Gasteiger partial charge in [-0.1, -0.05) is 23.2 Å². The van der Waals surface area contributed by atoms with Crippen LogP contribution in [0.5, 0.6) is 0 Å². The lowest BCUT2D eigenvalue weighted by atomic mass is 10.2. The summed E-state index contributed by atoms with van der Waals surface area (Å²) in [5.41, 5.74) is 1.61. The summed E-state index contributed by atoms with van der Waals surface area (Å²) in [5.74, 6) is 0. The number of amides is 2. The summed E-state index contributed by atoms with van der Waals surface area (Å²) in [4.78, 5) is 17.5. The van der Waals surface area contributed by atoms with Crippen molar-refractivity contribution in [1.29, 1.82) is 0 Å². The van der Waals surface area contributed by atoms with Gasteiger partial charge in [-0.2, -0.15) is 0 Å². The third-order valence-corrected chi connectivity index (χ3v) is 3.43. The standard InChI is InChI=1S/C14H13Cl2N3O/c1-19(9-10-4-6-17-7-5-10)14(20)18-11-2-3-12(15)13(16)8-11/h2-8H,9H2,1H3,(H,18,20). The number of benzene rings is 1. The van der Waals surface area contributed by atoms with E-state index in [1.807, 2.05) is 12.1 Å². The van der Waals surface area contributed by atoms with Gasteiger partial charge in [-0.3, -0.25) is 4.98 Å². The Hall–Kier alpha value is -1.78. The molecular weight excluding hydrogens is 297 g/mol. The van der Waals surface area contributed by atoms with Gasteiger partial charge in [-0.15, -0.1) is 0 Å². The largest absolute Gasteiger partial charge is 0.323 e. The van der Waals surface area contributed by atoms with Crippen molar-refractivity contribution in [1.82, 2.24) is 9.88 Å². The van der Waals surface area contributed by atoms with E-state index in [1.54, 1.807) is 42.5 Å². The number of aromatic nitrogens is 1. The monoisotopic (exact) mass is 309 g/mol. The van der Waals surface area contributed by atoms with E-state index in [2.05, 4.69) is 10.3 Å². The molecule has 0 bridgehead atoms. The average molecular weight is 310 g/mol. The first-order chi connectivity index (χ1) is 9.56. The van der Waals surface area contributed by atoms with Gasteiger partial charge in [-0.25, -0.2) is 4.79 Å². The molecule has 0 spiro atoms. The zero-order chi connectivity index (χ0) is 14.5. The van der Waals surface area contributed by atoms with Crippen LogP contribution in [-0.4, -0.2) is 23.0 Å². The van der Waals surface area contributed by atoms with E-state index in [0.29, 0.717) is 22.3 Å². The first-order valence-electron chi connectivity index (χ1n) is 5.92. The van der Waals surface area contributed by atoms with Crippen molar-refractivity contribution in [3.8, 4) is 0 Å². The van der Waals surface area contributed by atoms with Crippen molar-refractivity contribution in [2.45, 2.75) is 6.54 Å². The highest BCUT2D eigenvalue weighted by molar-refractivity contribution is 6.42. The molecule has 6 heteroatoms. The maximum absolute atomic E-state index is 12.0. The van der Waals surface area contributed by atoms with E-state index in [1.165, 1.54) is 0 Å². The molecule has 0 unspecified atom stereocenters. The summed E-state index contributed by atoms with van der Waals surface area (Å²) >= 11 is 11.7. The normalized spacial score (nSPS) is 10.2. The Morgan fingerprint density at radius 2 is 1.90 bits per heavy atom. The van der Waals surface area contributed by atoms with Crippen molar-refractivity contribution in [2.75, 3.05) is 12.4 Å². The summed E-state index contributed by atoms with van der Waals surface area (Å²) in [5, 5.41) is 3.62. The number of hydrogen-bond acceptors (Lipinski definition) is 2. The molecule has 1 N–H and O–H groups in total. The van der Waals surface area contributed by atoms with E-state index in [9.17, 15) is 4.79 Å². The summed E-state index contributed by atoms with van der Waals surface area (Å²) in [6.07, 6.45) is 3.39. The summed E-state index contributed by atoms with van der Waals surface area (Å²) < 4.78 is 0. The molecule has 104 valence electrons. The Morgan fingerprint density at radius 3 is 2.55 bits per heavy atom. The van der Waals surface area contributed by atoms with Crippen molar-refractivity contribution in [3.05, 3.63) is 58.3 Å². The minimum absolute atomic E-state index is 0.222. The molecule has 0 saturated heterocycles. The van der Waals surface area contributed by atoms with Crippen LogP contribution in [0, 0.1) is 0 Å². The van der Waals surface area contributed by atoms with Crippen molar-refractivity contribution in [3.63, 3.8) is 0 Å². The van der Waals surface area contributed by atoms with Gasteiger partial charge in [0.05, 0.1) is 10.0 Å². The van der Waals surface area contributed by atoms with Crippen LogP contribution in [-0.2, 0) is 6.54 Å². The first-order valence-corrected chi connectivity index (χ1v) is 6.68. The second-order valence-corrected chi connectivity index (χ2v) is 5.08. The molecule has 20 heavy (non-hydrogen) atoms. The molecule has 1 heterocycles. The lowest BCUT2D eigenvalue weighted by molar-refractivity contribution is 0.220. The van der Waals surface area contributed by atoms with Crippen LogP contribution in [0.4, 0.5) is 10.5 Å². The number of urea groups is 1. The maximum Gasteiger partial charge on any atom is 0.321 e. The zero-order valence-corrected chi connectivity index (χ0v) is 12.3. The lowest BCUT2D eigenvalue weighted by Crippen LogP contribution is -2.30. The van der Waals surface area contributed by atoms with Crippen LogP contribution in [0.25, 0.3) is 0 Å². The van der Waals surface area contributed by atoms with Gasteiger partial charge < -0.3 is 10.2 Å². The van der Waals surface area contributed by atoms with Crippen LogP contribution in [0.3, 0.4) is 0 Å². The molecule has 4 nitrogen and oxygen atoms in total. The Kier molecular flexibility index (Phi) is 4.82. The van der Waals surface area contributed by atoms with Gasteiger partial charge >= 0.3 is 6.03 Å². The van der Waals surface area contributed by atoms with Crippen molar-refractivity contribution in [2.24, 2.45) is 0 Å². The molecule has 0 radical (unpaired) electrons. The van der Waals surface area contributed by atoms with Gasteiger partial charge in [0, 0.05) is 31.7 Å². The zero-order valence-electron chi connectivity index (χ0n) is 10.8. The van der Waals surface area contributed by atoms with E-state index < -0.39 is 0 Å². The van der Waals surface area contributed by atoms with Gasteiger partial charge in [0.1, 0.15) is 0 Å². The Balaban J connectivity index is 1.99. The number of hydrogen-bond donors (Lipinski definition) is 1. The summed E-state index contributed by atoms with van der Waals surface area (Å²) in [6, 6.07) is 8.46. The molecule has 0 atom stereocenters. The fourth-order valence-corrected chi connectivity index (χ4v) is 1.92. The smallest absolute Gasteiger partial charge is 0.321 e. The highest BCUT2D eigenvalue weighted by atomic mass is 35.5. The molecule has 2 rings (SSSR count). The number of carbonyl (C=O) groups is 1. The molecule has 0 aliphatic carbocycles. The van der Waals surface area contributed by atoms with Crippen LogP contribution in [0.2, 0.25) is 10.0 Å². The number of anilines is 1. The molecule has 0 saturated carbocycles. The second kappa shape index (κ2) is 6.59. The second-order valence-electron chi connectivity index (χ2n) is 4.27. The topological polar surface area (TPSA) is 45.2 Å². The summed E-state index contributed by atoms with van der Waals surface area (Å²) in [6.45, 7) is 0.496. The molecule has 1 aromatic heterocycles. The van der Waals surface area contributed by atoms with E-state index in [-0.39, 0.29) is 6.03 Å². The SMILES string of the molecule is CN(Cc1ccncc1)C(=O)Nc1ccc(Cl)c(Cl)c1. The lowest BCUT2D eigenvalue weighted by Gasteiger charge is -2.18. The number of nitrogens with zero attached hydrogens (tertiary/aromatic N) is 2. The van der Waals surface area contributed by atoms with Crippen LogP contribution in [0.15, 0.2) is 42.7 Å². The molecule has 2 aromatic rings. The molecule has 0 aliphatic heterocycles.